The Bertz CT molecular complexity index is 639. The van der Waals surface area contributed by atoms with Crippen LogP contribution in [0.2, 0.25) is 0 Å². The highest BCUT2D eigenvalue weighted by atomic mass is 32.2. The van der Waals surface area contributed by atoms with Crippen molar-refractivity contribution in [2.24, 2.45) is 9.98 Å². The third kappa shape index (κ3) is 6.19. The quantitative estimate of drug-likeness (QED) is 0.327. The molecule has 0 aromatic rings. The molecule has 0 radical (unpaired) electrons. The summed E-state index contributed by atoms with van der Waals surface area (Å²) in [4.78, 5) is 12.6. The Kier molecular flexibility index (Phi) is 7.54. The van der Waals surface area contributed by atoms with Crippen molar-refractivity contribution in [3.05, 3.63) is 11.1 Å². The Morgan fingerprint density at radius 2 is 1.76 bits per heavy atom. The number of fused-ring (bicyclic) bond motifs is 1. The summed E-state index contributed by atoms with van der Waals surface area (Å²) in [6, 6.07) is 1.14. The first kappa shape index (κ1) is 21.6. The van der Waals surface area contributed by atoms with Gasteiger partial charge in [0.25, 0.3) is 0 Å². The summed E-state index contributed by atoms with van der Waals surface area (Å²) in [5, 5.41) is 8.59. The maximum absolute atomic E-state index is 5.28. The van der Waals surface area contributed by atoms with Crippen molar-refractivity contribution in [3.8, 4) is 0 Å². The highest BCUT2D eigenvalue weighted by molar-refractivity contribution is 8.17. The highest BCUT2D eigenvalue weighted by Crippen LogP contribution is 2.36. The SMILES string of the molecule is CC1(C)CN2C(CSC(=NC3CCCCCC3)NC3CCCCCC3)=CSC2=N1. The van der Waals surface area contributed by atoms with Crippen LogP contribution in [0.25, 0.3) is 0 Å². The van der Waals surface area contributed by atoms with Crippen LogP contribution in [0.3, 0.4) is 0 Å². The molecule has 2 aliphatic heterocycles. The smallest absolute Gasteiger partial charge is 0.168 e. The van der Waals surface area contributed by atoms with Crippen molar-refractivity contribution < 1.29 is 0 Å². The van der Waals surface area contributed by atoms with Gasteiger partial charge >= 0.3 is 0 Å². The molecular formula is C23H38N4S2. The standard InChI is InChI=1S/C23H38N4S2/c1-23(2)17-27-20(16-29-22(27)26-23)15-28-21(24-18-11-7-3-4-8-12-18)25-19-13-9-5-6-10-14-19/h16,18-19H,3-15,17H2,1-2H3,(H,24,25). The second-order valence-electron chi connectivity index (χ2n) is 9.72. The second kappa shape index (κ2) is 10.1. The lowest BCUT2D eigenvalue weighted by atomic mass is 10.1. The molecule has 0 aromatic carbocycles. The van der Waals surface area contributed by atoms with Crippen molar-refractivity contribution in [3.63, 3.8) is 0 Å². The molecule has 162 valence electrons. The molecule has 0 unspecified atom stereocenters. The summed E-state index contributed by atoms with van der Waals surface area (Å²) in [5.74, 6) is 0.993. The molecule has 4 nitrogen and oxygen atoms in total. The van der Waals surface area contributed by atoms with Gasteiger partial charge in [0.1, 0.15) is 0 Å². The fourth-order valence-electron chi connectivity index (χ4n) is 4.83. The number of hydrogen-bond donors (Lipinski definition) is 1. The minimum absolute atomic E-state index is 0.0440. The van der Waals surface area contributed by atoms with Gasteiger partial charge in [-0.25, -0.2) is 0 Å². The first-order chi connectivity index (χ1) is 14.1. The zero-order chi connectivity index (χ0) is 20.1. The molecule has 0 bridgehead atoms. The third-order valence-electron chi connectivity index (χ3n) is 6.49. The molecule has 4 aliphatic rings. The second-order valence-corrected chi connectivity index (χ2v) is 11.5. The highest BCUT2D eigenvalue weighted by Gasteiger charge is 2.36. The van der Waals surface area contributed by atoms with Gasteiger partial charge in [-0.1, -0.05) is 74.9 Å². The van der Waals surface area contributed by atoms with E-state index in [1.165, 1.54) is 93.1 Å². The van der Waals surface area contributed by atoms with Gasteiger partial charge in [-0.2, -0.15) is 0 Å². The lowest BCUT2D eigenvalue weighted by Crippen LogP contribution is -2.34. The molecule has 0 amide bonds. The minimum atomic E-state index is 0.0440. The Morgan fingerprint density at radius 1 is 1.10 bits per heavy atom. The summed E-state index contributed by atoms with van der Waals surface area (Å²) >= 11 is 3.72. The van der Waals surface area contributed by atoms with Gasteiger partial charge in [0, 0.05) is 24.0 Å². The first-order valence-electron chi connectivity index (χ1n) is 11.8. The molecule has 2 saturated carbocycles. The number of rotatable bonds is 4. The number of hydrogen-bond acceptors (Lipinski definition) is 5. The topological polar surface area (TPSA) is 40.0 Å². The van der Waals surface area contributed by atoms with Crippen LogP contribution in [-0.4, -0.2) is 45.2 Å². The molecule has 1 N–H and O–H groups in total. The summed E-state index contributed by atoms with van der Waals surface area (Å²) in [6.07, 6.45) is 16.2. The first-order valence-corrected chi connectivity index (χ1v) is 13.7. The van der Waals surface area contributed by atoms with Gasteiger partial charge in [-0.15, -0.1) is 0 Å². The van der Waals surface area contributed by atoms with Gasteiger partial charge in [-0.3, -0.25) is 9.98 Å². The molecule has 2 aliphatic carbocycles. The van der Waals surface area contributed by atoms with Gasteiger partial charge in [0.05, 0.1) is 11.6 Å². The van der Waals surface area contributed by atoms with Crippen LogP contribution in [0, 0.1) is 0 Å². The van der Waals surface area contributed by atoms with E-state index in [-0.39, 0.29) is 5.54 Å². The van der Waals surface area contributed by atoms with E-state index in [1.807, 2.05) is 11.8 Å². The summed E-state index contributed by atoms with van der Waals surface area (Å²) in [7, 11) is 0. The van der Waals surface area contributed by atoms with E-state index in [0.29, 0.717) is 12.1 Å². The molecular weight excluding hydrogens is 396 g/mol. The molecule has 4 rings (SSSR count). The number of thioether (sulfide) groups is 2. The zero-order valence-electron chi connectivity index (χ0n) is 18.3. The van der Waals surface area contributed by atoms with Gasteiger partial charge in [0.2, 0.25) is 0 Å². The van der Waals surface area contributed by atoms with Crippen molar-refractivity contribution in [1.29, 1.82) is 0 Å². The molecule has 0 saturated heterocycles. The van der Waals surface area contributed by atoms with E-state index in [4.69, 9.17) is 9.98 Å². The third-order valence-corrected chi connectivity index (χ3v) is 8.33. The Balaban J connectivity index is 1.40. The number of amidine groups is 2. The van der Waals surface area contributed by atoms with Crippen LogP contribution >= 0.6 is 23.5 Å². The van der Waals surface area contributed by atoms with Crippen molar-refractivity contribution in [2.45, 2.75) is 109 Å². The Hall–Kier alpha value is -0.620. The van der Waals surface area contributed by atoms with Crippen LogP contribution in [-0.2, 0) is 0 Å². The molecule has 0 atom stereocenters. The van der Waals surface area contributed by atoms with Crippen LogP contribution in [0.4, 0.5) is 0 Å². The normalized spacial score (nSPS) is 26.6. The van der Waals surface area contributed by atoms with Crippen LogP contribution in [0.5, 0.6) is 0 Å². The molecule has 0 aromatic heterocycles. The maximum Gasteiger partial charge on any atom is 0.168 e. The largest absolute Gasteiger partial charge is 0.362 e. The van der Waals surface area contributed by atoms with Crippen molar-refractivity contribution >= 4 is 33.9 Å². The lowest BCUT2D eigenvalue weighted by molar-refractivity contribution is 0.436. The fourth-order valence-corrected chi connectivity index (χ4v) is 6.99. The molecule has 2 heterocycles. The molecule has 29 heavy (non-hydrogen) atoms. The Morgan fingerprint density at radius 3 is 2.45 bits per heavy atom. The van der Waals surface area contributed by atoms with Crippen LogP contribution in [0.1, 0.15) is 90.9 Å². The molecule has 2 fully saturated rings. The Labute approximate surface area is 185 Å². The van der Waals surface area contributed by atoms with Crippen LogP contribution < -0.4 is 5.32 Å². The van der Waals surface area contributed by atoms with Gasteiger partial charge < -0.3 is 10.2 Å². The monoisotopic (exact) mass is 434 g/mol. The van der Waals surface area contributed by atoms with Gasteiger partial charge in [-0.05, 0) is 44.9 Å². The van der Waals surface area contributed by atoms with E-state index in [9.17, 15) is 0 Å². The predicted octanol–water partition coefficient (Wildman–Crippen LogP) is 6.15. The molecule has 6 heteroatoms. The zero-order valence-corrected chi connectivity index (χ0v) is 19.9. The number of nitrogens with zero attached hydrogens (tertiary/aromatic N) is 3. The van der Waals surface area contributed by atoms with E-state index < -0.39 is 0 Å². The summed E-state index contributed by atoms with van der Waals surface area (Å²) < 4.78 is 0. The maximum atomic E-state index is 5.28. The van der Waals surface area contributed by atoms with E-state index in [0.717, 1.165) is 12.3 Å². The van der Waals surface area contributed by atoms with E-state index >= 15 is 0 Å². The fraction of sp³-hybridized carbons (Fsp3) is 0.826. The predicted molar refractivity (Wildman–Crippen MR) is 130 cm³/mol. The van der Waals surface area contributed by atoms with Crippen molar-refractivity contribution in [2.75, 3.05) is 12.3 Å². The van der Waals surface area contributed by atoms with Crippen molar-refractivity contribution in [1.82, 2.24) is 10.2 Å². The minimum Gasteiger partial charge on any atom is -0.362 e. The lowest BCUT2D eigenvalue weighted by Gasteiger charge is -2.23. The average molecular weight is 435 g/mol. The van der Waals surface area contributed by atoms with E-state index in [2.05, 4.69) is 29.5 Å². The summed E-state index contributed by atoms with van der Waals surface area (Å²) in [6.45, 7) is 5.47. The molecule has 0 spiro atoms. The van der Waals surface area contributed by atoms with E-state index in [1.54, 1.807) is 11.8 Å². The van der Waals surface area contributed by atoms with Gasteiger partial charge in [0.15, 0.2) is 10.3 Å². The summed E-state index contributed by atoms with van der Waals surface area (Å²) in [5.41, 5.74) is 1.45. The average Bonchev–Trinajstić information content (AvgIpc) is 2.96. The number of nitrogens with one attached hydrogen (secondary N) is 1. The number of aliphatic imine (C=N–C) groups is 2. The van der Waals surface area contributed by atoms with Crippen LogP contribution in [0.15, 0.2) is 21.1 Å².